The number of rotatable bonds is 6. The molecule has 1 unspecified atom stereocenters. The molecule has 1 aromatic carbocycles. The maximum Gasteiger partial charge on any atom is 0.243 e. The highest BCUT2D eigenvalue weighted by Gasteiger charge is 2.24. The van der Waals surface area contributed by atoms with Gasteiger partial charge >= 0.3 is 0 Å². The minimum Gasteiger partial charge on any atom is -0.399 e. The highest BCUT2D eigenvalue weighted by molar-refractivity contribution is 9.11. The zero-order valence-electron chi connectivity index (χ0n) is 10.1. The van der Waals surface area contributed by atoms with E-state index in [-0.39, 0.29) is 18.1 Å². The van der Waals surface area contributed by atoms with E-state index in [0.717, 1.165) is 0 Å². The Morgan fingerprint density at radius 3 is 2.37 bits per heavy atom. The number of aliphatic hydroxyl groups excluding tert-OH is 1. The lowest BCUT2D eigenvalue weighted by atomic mass is 10.3. The number of hydrogen-bond acceptors (Lipinski definition) is 5. The number of sulfonamides is 1. The molecule has 19 heavy (non-hydrogen) atoms. The van der Waals surface area contributed by atoms with Gasteiger partial charge in [0.25, 0.3) is 0 Å². The van der Waals surface area contributed by atoms with Gasteiger partial charge in [0.2, 0.25) is 10.0 Å². The number of hydrogen-bond donors (Lipinski definition) is 3. The van der Waals surface area contributed by atoms with Crippen LogP contribution in [0.5, 0.6) is 0 Å². The molecule has 6 nitrogen and oxygen atoms in total. The van der Waals surface area contributed by atoms with Crippen LogP contribution in [0, 0.1) is 0 Å². The van der Waals surface area contributed by atoms with E-state index >= 15 is 0 Å². The number of aliphatic hydroxyl groups is 1. The van der Waals surface area contributed by atoms with Gasteiger partial charge in [0.15, 0.2) is 0 Å². The zero-order valence-corrected chi connectivity index (χ0v) is 14.0. The largest absolute Gasteiger partial charge is 0.399 e. The molecule has 0 aliphatic rings. The first-order valence-corrected chi connectivity index (χ1v) is 8.25. The number of nitrogen functional groups attached to an aromatic ring is 1. The molecule has 108 valence electrons. The number of ether oxygens (including phenoxy) is 1. The predicted octanol–water partition coefficient (Wildman–Crippen LogP) is 1.08. The van der Waals surface area contributed by atoms with Gasteiger partial charge in [-0.05, 0) is 44.0 Å². The van der Waals surface area contributed by atoms with Crippen LogP contribution < -0.4 is 10.5 Å². The molecule has 9 heteroatoms. The maximum atomic E-state index is 12.3. The standard InChI is InChI=1S/C10H14Br2N2O4S/c1-18-5-7(4-15)14-19(16,17)10-8(11)2-6(13)3-9(10)12/h2-3,7,14-15H,4-5,13H2,1H3. The first kappa shape index (κ1) is 16.9. The smallest absolute Gasteiger partial charge is 0.243 e. The van der Waals surface area contributed by atoms with E-state index in [1.807, 2.05) is 0 Å². The third kappa shape index (κ3) is 4.40. The normalized spacial score (nSPS) is 13.5. The molecular weight excluding hydrogens is 404 g/mol. The van der Waals surface area contributed by atoms with Gasteiger partial charge in [-0.3, -0.25) is 0 Å². The maximum absolute atomic E-state index is 12.3. The monoisotopic (exact) mass is 416 g/mol. The molecule has 0 heterocycles. The summed E-state index contributed by atoms with van der Waals surface area (Å²) in [6.45, 7) is -0.294. The molecule has 0 aliphatic heterocycles. The van der Waals surface area contributed by atoms with Crippen molar-refractivity contribution in [3.05, 3.63) is 21.1 Å². The van der Waals surface area contributed by atoms with Crippen molar-refractivity contribution in [2.75, 3.05) is 26.1 Å². The van der Waals surface area contributed by atoms with Crippen LogP contribution in [0.2, 0.25) is 0 Å². The van der Waals surface area contributed by atoms with E-state index in [2.05, 4.69) is 36.6 Å². The van der Waals surface area contributed by atoms with E-state index in [1.54, 1.807) is 0 Å². The number of methoxy groups -OCH3 is 1. The Bertz CT molecular complexity index is 527. The Labute approximate surface area is 128 Å². The Morgan fingerprint density at radius 1 is 1.42 bits per heavy atom. The molecule has 0 fully saturated rings. The average molecular weight is 418 g/mol. The predicted molar refractivity (Wildman–Crippen MR) is 79.3 cm³/mol. The Kier molecular flexibility index (Phi) is 6.21. The molecule has 0 bridgehead atoms. The number of benzene rings is 1. The van der Waals surface area contributed by atoms with Gasteiger partial charge < -0.3 is 15.6 Å². The van der Waals surface area contributed by atoms with Crippen LogP contribution in [-0.2, 0) is 14.8 Å². The SMILES string of the molecule is COCC(CO)NS(=O)(=O)c1c(Br)cc(N)cc1Br. The highest BCUT2D eigenvalue weighted by atomic mass is 79.9. The van der Waals surface area contributed by atoms with Crippen molar-refractivity contribution in [2.24, 2.45) is 0 Å². The molecule has 0 spiro atoms. The van der Waals surface area contributed by atoms with Crippen molar-refractivity contribution in [3.63, 3.8) is 0 Å². The molecule has 0 saturated carbocycles. The second-order valence-electron chi connectivity index (χ2n) is 3.77. The summed E-state index contributed by atoms with van der Waals surface area (Å²) in [6, 6.07) is 2.26. The molecule has 1 aromatic rings. The third-order valence-electron chi connectivity index (χ3n) is 2.20. The van der Waals surface area contributed by atoms with Crippen LogP contribution in [-0.4, -0.2) is 39.9 Å². The van der Waals surface area contributed by atoms with Crippen molar-refractivity contribution in [1.29, 1.82) is 0 Å². The Hall–Kier alpha value is -0.190. The quantitative estimate of drug-likeness (QED) is 0.601. The average Bonchev–Trinajstić information content (AvgIpc) is 2.25. The second kappa shape index (κ2) is 7.00. The minimum atomic E-state index is -3.81. The summed E-state index contributed by atoms with van der Waals surface area (Å²) in [5.74, 6) is 0. The Balaban J connectivity index is 3.14. The fourth-order valence-electron chi connectivity index (χ4n) is 1.44. The summed E-state index contributed by atoms with van der Waals surface area (Å²) in [6.07, 6.45) is 0. The van der Waals surface area contributed by atoms with Crippen molar-refractivity contribution in [2.45, 2.75) is 10.9 Å². The summed E-state index contributed by atoms with van der Waals surface area (Å²) in [5, 5.41) is 9.10. The minimum absolute atomic E-state index is 0.0243. The van der Waals surface area contributed by atoms with Gasteiger partial charge in [0.1, 0.15) is 4.90 Å². The lowest BCUT2D eigenvalue weighted by Gasteiger charge is -2.17. The van der Waals surface area contributed by atoms with E-state index in [4.69, 9.17) is 15.6 Å². The molecule has 0 amide bonds. The lowest BCUT2D eigenvalue weighted by molar-refractivity contribution is 0.139. The van der Waals surface area contributed by atoms with Gasteiger partial charge in [-0.15, -0.1) is 0 Å². The van der Waals surface area contributed by atoms with Crippen LogP contribution >= 0.6 is 31.9 Å². The number of anilines is 1. The summed E-state index contributed by atoms with van der Waals surface area (Å²) >= 11 is 6.32. The zero-order chi connectivity index (χ0) is 14.6. The third-order valence-corrected chi connectivity index (χ3v) is 5.60. The number of nitrogens with two attached hydrogens (primary N) is 1. The topological polar surface area (TPSA) is 102 Å². The number of halogens is 2. The highest BCUT2D eigenvalue weighted by Crippen LogP contribution is 2.32. The van der Waals surface area contributed by atoms with Crippen LogP contribution in [0.3, 0.4) is 0 Å². The van der Waals surface area contributed by atoms with Gasteiger partial charge in [-0.2, -0.15) is 0 Å². The first-order valence-electron chi connectivity index (χ1n) is 5.18. The van der Waals surface area contributed by atoms with Gasteiger partial charge in [-0.25, -0.2) is 13.1 Å². The molecule has 0 aliphatic carbocycles. The summed E-state index contributed by atoms with van der Waals surface area (Å²) < 4.78 is 32.4. The fourth-order valence-corrected chi connectivity index (χ4v) is 5.27. The van der Waals surface area contributed by atoms with E-state index in [0.29, 0.717) is 14.6 Å². The molecule has 1 atom stereocenters. The molecule has 0 radical (unpaired) electrons. The molecule has 0 saturated heterocycles. The lowest BCUT2D eigenvalue weighted by Crippen LogP contribution is -2.40. The van der Waals surface area contributed by atoms with E-state index in [1.165, 1.54) is 19.2 Å². The number of nitrogens with one attached hydrogen (secondary N) is 1. The van der Waals surface area contributed by atoms with Gasteiger partial charge in [0.05, 0.1) is 19.3 Å². The van der Waals surface area contributed by atoms with Crippen molar-refractivity contribution in [3.8, 4) is 0 Å². The molecular formula is C10H14Br2N2O4S. The molecule has 1 rings (SSSR count). The fraction of sp³-hybridized carbons (Fsp3) is 0.400. The summed E-state index contributed by atoms with van der Waals surface area (Å²) in [7, 11) is -2.39. The van der Waals surface area contributed by atoms with E-state index < -0.39 is 16.1 Å². The van der Waals surface area contributed by atoms with Crippen molar-refractivity contribution < 1.29 is 18.3 Å². The van der Waals surface area contributed by atoms with Crippen LogP contribution in [0.4, 0.5) is 5.69 Å². The first-order chi connectivity index (χ1) is 8.81. The Morgan fingerprint density at radius 2 is 1.95 bits per heavy atom. The molecule has 0 aromatic heterocycles. The van der Waals surface area contributed by atoms with Gasteiger partial charge in [-0.1, -0.05) is 0 Å². The van der Waals surface area contributed by atoms with E-state index in [9.17, 15) is 8.42 Å². The summed E-state index contributed by atoms with van der Waals surface area (Å²) in [5.41, 5.74) is 6.04. The van der Waals surface area contributed by atoms with Crippen LogP contribution in [0.15, 0.2) is 26.0 Å². The van der Waals surface area contributed by atoms with Crippen molar-refractivity contribution >= 4 is 47.6 Å². The molecule has 4 N–H and O–H groups in total. The van der Waals surface area contributed by atoms with Crippen LogP contribution in [0.1, 0.15) is 0 Å². The summed E-state index contributed by atoms with van der Waals surface area (Å²) in [4.78, 5) is 0.0243. The van der Waals surface area contributed by atoms with Gasteiger partial charge in [0, 0.05) is 21.7 Å². The van der Waals surface area contributed by atoms with Crippen LogP contribution in [0.25, 0.3) is 0 Å². The van der Waals surface area contributed by atoms with Crippen molar-refractivity contribution in [1.82, 2.24) is 4.72 Å². The second-order valence-corrected chi connectivity index (χ2v) is 7.13.